The first kappa shape index (κ1) is 18.8. The van der Waals surface area contributed by atoms with Gasteiger partial charge < -0.3 is 4.74 Å². The van der Waals surface area contributed by atoms with Crippen molar-refractivity contribution in [1.82, 2.24) is 14.0 Å². The molecule has 1 aliphatic heterocycles. The number of hydrogen-bond donors (Lipinski definition) is 1. The van der Waals surface area contributed by atoms with Crippen LogP contribution in [-0.2, 0) is 20.0 Å². The molecular formula is C16H19N3O5S2. The van der Waals surface area contributed by atoms with Crippen molar-refractivity contribution in [1.29, 1.82) is 0 Å². The summed E-state index contributed by atoms with van der Waals surface area (Å²) in [6.45, 7) is 0.567. The van der Waals surface area contributed by atoms with Gasteiger partial charge in [0.2, 0.25) is 20.0 Å². The maximum absolute atomic E-state index is 12.8. The fourth-order valence-electron chi connectivity index (χ4n) is 2.68. The van der Waals surface area contributed by atoms with Crippen LogP contribution in [0.25, 0.3) is 0 Å². The summed E-state index contributed by atoms with van der Waals surface area (Å²) in [5, 5.41) is 0. The molecule has 0 amide bonds. The van der Waals surface area contributed by atoms with Crippen molar-refractivity contribution >= 4 is 20.0 Å². The normalized spacial score (nSPS) is 18.7. The Kier molecular flexibility index (Phi) is 5.28. The highest BCUT2D eigenvalue weighted by Gasteiger charge is 2.33. The number of benzene rings is 1. The van der Waals surface area contributed by atoms with Crippen molar-refractivity contribution < 1.29 is 21.6 Å². The topological polar surface area (TPSA) is 106 Å². The zero-order valence-corrected chi connectivity index (χ0v) is 15.7. The van der Waals surface area contributed by atoms with E-state index in [1.54, 1.807) is 24.5 Å². The lowest BCUT2D eigenvalue weighted by Crippen LogP contribution is -2.31. The number of hydrogen-bond acceptors (Lipinski definition) is 6. The van der Waals surface area contributed by atoms with Gasteiger partial charge in [0, 0.05) is 12.7 Å². The number of aromatic nitrogens is 1. The smallest absolute Gasteiger partial charge is 0.243 e. The maximum Gasteiger partial charge on any atom is 0.243 e. The van der Waals surface area contributed by atoms with Gasteiger partial charge in [0.1, 0.15) is 11.9 Å². The summed E-state index contributed by atoms with van der Waals surface area (Å²) < 4.78 is 58.3. The second-order valence-electron chi connectivity index (χ2n) is 5.76. The number of rotatable bonds is 6. The van der Waals surface area contributed by atoms with Gasteiger partial charge in [-0.3, -0.25) is 4.98 Å². The molecule has 0 unspecified atom stereocenters. The van der Waals surface area contributed by atoms with Crippen LogP contribution in [0.5, 0.6) is 5.75 Å². The molecule has 10 heteroatoms. The fourth-order valence-corrected chi connectivity index (χ4v) is 4.90. The largest absolute Gasteiger partial charge is 0.487 e. The molecule has 1 aromatic heterocycles. The Balaban J connectivity index is 1.73. The molecule has 8 nitrogen and oxygen atoms in total. The van der Waals surface area contributed by atoms with E-state index in [1.807, 2.05) is 0 Å². The van der Waals surface area contributed by atoms with Crippen molar-refractivity contribution in [2.24, 2.45) is 0 Å². The predicted molar refractivity (Wildman–Crippen MR) is 94.7 cm³/mol. The molecule has 0 bridgehead atoms. The lowest BCUT2D eigenvalue weighted by Gasteiger charge is -2.17. The minimum atomic E-state index is -3.71. The van der Waals surface area contributed by atoms with Gasteiger partial charge >= 0.3 is 0 Å². The summed E-state index contributed by atoms with van der Waals surface area (Å²) in [6, 6.07) is 8.67. The van der Waals surface area contributed by atoms with Gasteiger partial charge in [-0.1, -0.05) is 0 Å². The highest BCUT2D eigenvalue weighted by atomic mass is 32.2. The van der Waals surface area contributed by atoms with E-state index in [2.05, 4.69) is 9.71 Å². The second kappa shape index (κ2) is 7.31. The molecule has 1 N–H and O–H groups in total. The van der Waals surface area contributed by atoms with E-state index >= 15 is 0 Å². The maximum atomic E-state index is 12.8. The van der Waals surface area contributed by atoms with Gasteiger partial charge in [-0.25, -0.2) is 21.6 Å². The van der Waals surface area contributed by atoms with Gasteiger partial charge in [0.25, 0.3) is 0 Å². The number of sulfonamides is 2. The Morgan fingerprint density at radius 3 is 2.42 bits per heavy atom. The third-order valence-electron chi connectivity index (χ3n) is 4.09. The Morgan fingerprint density at radius 1 is 1.12 bits per heavy atom. The number of pyridine rings is 1. The van der Waals surface area contributed by atoms with Crippen molar-refractivity contribution in [3.05, 3.63) is 48.8 Å². The van der Waals surface area contributed by atoms with Gasteiger partial charge in [0.15, 0.2) is 0 Å². The van der Waals surface area contributed by atoms with Crippen molar-refractivity contribution in [2.45, 2.75) is 22.3 Å². The summed E-state index contributed by atoms with van der Waals surface area (Å²) in [7, 11) is -6.02. The number of nitrogens with one attached hydrogen (secondary N) is 1. The summed E-state index contributed by atoms with van der Waals surface area (Å²) in [5.74, 6) is 0.596. The molecular weight excluding hydrogens is 378 g/mol. The molecule has 1 atom stereocenters. The van der Waals surface area contributed by atoms with Gasteiger partial charge in [-0.15, -0.1) is 0 Å². The molecule has 0 aliphatic carbocycles. The quantitative estimate of drug-likeness (QED) is 0.774. The molecule has 140 valence electrons. The summed E-state index contributed by atoms with van der Waals surface area (Å²) in [5.41, 5.74) is 0. The molecule has 26 heavy (non-hydrogen) atoms. The van der Waals surface area contributed by atoms with Gasteiger partial charge in [-0.05, 0) is 49.9 Å². The van der Waals surface area contributed by atoms with Crippen molar-refractivity contribution in [2.75, 3.05) is 20.1 Å². The van der Waals surface area contributed by atoms with Gasteiger partial charge in [0.05, 0.1) is 22.5 Å². The van der Waals surface area contributed by atoms with Crippen LogP contribution in [0.3, 0.4) is 0 Å². The molecule has 0 saturated carbocycles. The molecule has 1 fully saturated rings. The molecule has 0 spiro atoms. The first-order valence-corrected chi connectivity index (χ1v) is 10.9. The highest BCUT2D eigenvalue weighted by Crippen LogP contribution is 2.24. The van der Waals surface area contributed by atoms with E-state index in [0.29, 0.717) is 18.7 Å². The standard InChI is InChI=1S/C16H19N3O5S2/c1-17-25(20,21)15-4-6-16(7-5-15)26(22,23)19-10-8-14(12-19)24-13-3-2-9-18-11-13/h2-7,9,11,14,17H,8,10,12H2,1H3/t14-/m1/s1. The zero-order chi connectivity index (χ0) is 18.8. The van der Waals surface area contributed by atoms with Crippen LogP contribution < -0.4 is 9.46 Å². The lowest BCUT2D eigenvalue weighted by molar-refractivity contribution is 0.214. The monoisotopic (exact) mass is 397 g/mol. The number of nitrogens with zero attached hydrogens (tertiary/aromatic N) is 2. The van der Waals surface area contributed by atoms with E-state index in [9.17, 15) is 16.8 Å². The molecule has 1 saturated heterocycles. The SMILES string of the molecule is CNS(=O)(=O)c1ccc(S(=O)(=O)N2CC[C@@H](Oc3cccnc3)C2)cc1. The summed E-state index contributed by atoms with van der Waals surface area (Å²) in [4.78, 5) is 4.03. The summed E-state index contributed by atoms with van der Waals surface area (Å²) in [6.07, 6.45) is 3.53. The van der Waals surface area contributed by atoms with Crippen LogP contribution >= 0.6 is 0 Å². The molecule has 2 aromatic rings. The molecule has 0 radical (unpaired) electrons. The minimum absolute atomic E-state index is 0.0122. The molecule has 1 aliphatic rings. The van der Waals surface area contributed by atoms with E-state index < -0.39 is 20.0 Å². The van der Waals surface area contributed by atoms with Crippen LogP contribution in [-0.4, -0.2) is 52.4 Å². The summed E-state index contributed by atoms with van der Waals surface area (Å²) >= 11 is 0. The van der Waals surface area contributed by atoms with Crippen molar-refractivity contribution in [3.63, 3.8) is 0 Å². The van der Waals surface area contributed by atoms with Crippen molar-refractivity contribution in [3.8, 4) is 5.75 Å². The third-order valence-corrected chi connectivity index (χ3v) is 7.40. The minimum Gasteiger partial charge on any atom is -0.487 e. The molecule has 1 aromatic carbocycles. The lowest BCUT2D eigenvalue weighted by atomic mass is 10.3. The first-order valence-electron chi connectivity index (χ1n) is 7.93. The first-order chi connectivity index (χ1) is 12.3. The average Bonchev–Trinajstić information content (AvgIpc) is 3.12. The molecule has 2 heterocycles. The second-order valence-corrected chi connectivity index (χ2v) is 9.58. The van der Waals surface area contributed by atoms with E-state index in [-0.39, 0.29) is 22.4 Å². The predicted octanol–water partition coefficient (Wildman–Crippen LogP) is 0.832. The van der Waals surface area contributed by atoms with Gasteiger partial charge in [-0.2, -0.15) is 4.31 Å². The zero-order valence-electron chi connectivity index (χ0n) is 14.1. The Bertz CT molecular complexity index is 961. The van der Waals surface area contributed by atoms with Crippen LogP contribution in [0.15, 0.2) is 58.6 Å². The average molecular weight is 397 g/mol. The van der Waals surface area contributed by atoms with Crippen LogP contribution in [0.2, 0.25) is 0 Å². The highest BCUT2D eigenvalue weighted by molar-refractivity contribution is 7.89. The van der Waals surface area contributed by atoms with Crippen LogP contribution in [0.4, 0.5) is 0 Å². The van der Waals surface area contributed by atoms with Crippen LogP contribution in [0, 0.1) is 0 Å². The third kappa shape index (κ3) is 3.88. The van der Waals surface area contributed by atoms with Crippen LogP contribution in [0.1, 0.15) is 6.42 Å². The Labute approximate surface area is 152 Å². The Morgan fingerprint density at radius 2 is 1.81 bits per heavy atom. The molecule has 3 rings (SSSR count). The van der Waals surface area contributed by atoms with E-state index in [1.165, 1.54) is 35.6 Å². The fraction of sp³-hybridized carbons (Fsp3) is 0.312. The van der Waals surface area contributed by atoms with E-state index in [4.69, 9.17) is 4.74 Å². The van der Waals surface area contributed by atoms with E-state index in [0.717, 1.165) is 0 Å². The Hall–Kier alpha value is -2.01. The number of ether oxygens (including phenoxy) is 1.